The molecule has 2 aliphatic rings. The SMILES string of the molecule is CC(C)(C)[NH-].C[SiH](C)C1CCC2C=CC=CC21.[Cl-].[Cl-].[Ti+3]. The van der Waals surface area contributed by atoms with Crippen LogP contribution in [0.4, 0.5) is 0 Å². The molecular formula is C15H28Cl2NSiTi. The van der Waals surface area contributed by atoms with Crippen LogP contribution in [-0.4, -0.2) is 14.3 Å². The van der Waals surface area contributed by atoms with Gasteiger partial charge >= 0.3 is 21.7 Å². The molecule has 0 aromatic rings. The van der Waals surface area contributed by atoms with Gasteiger partial charge in [-0.2, -0.15) is 0 Å². The zero-order valence-corrected chi connectivity index (χ0v) is 17.5. The maximum absolute atomic E-state index is 6.94. The number of halogens is 2. The molecule has 0 aromatic heterocycles. The summed E-state index contributed by atoms with van der Waals surface area (Å²) in [5.41, 5.74) is 7.77. The van der Waals surface area contributed by atoms with Crippen molar-refractivity contribution in [1.29, 1.82) is 0 Å². The minimum Gasteiger partial charge on any atom is -1.00 e. The Balaban J connectivity index is -0.000000322. The summed E-state index contributed by atoms with van der Waals surface area (Å²) < 4.78 is 0. The molecule has 0 aromatic carbocycles. The monoisotopic (exact) mass is 368 g/mol. The molecule has 0 aliphatic heterocycles. The van der Waals surface area contributed by atoms with Gasteiger partial charge in [0.2, 0.25) is 0 Å². The molecule has 3 unspecified atom stereocenters. The van der Waals surface area contributed by atoms with Gasteiger partial charge < -0.3 is 30.5 Å². The number of hydrogen-bond donors (Lipinski definition) is 0. The maximum Gasteiger partial charge on any atom is 3.00 e. The summed E-state index contributed by atoms with van der Waals surface area (Å²) in [7, 11) is -0.402. The first-order valence-corrected chi connectivity index (χ1v) is 9.86. The van der Waals surface area contributed by atoms with E-state index < -0.39 is 8.80 Å². The normalized spacial score (nSPS) is 26.4. The van der Waals surface area contributed by atoms with Crippen LogP contribution in [0.15, 0.2) is 24.3 Å². The van der Waals surface area contributed by atoms with Gasteiger partial charge in [-0.1, -0.05) is 64.6 Å². The number of hydrogen-bond acceptors (Lipinski definition) is 0. The average Bonchev–Trinajstić information content (AvgIpc) is 2.58. The molecule has 1 fully saturated rings. The average molecular weight is 369 g/mol. The van der Waals surface area contributed by atoms with E-state index in [9.17, 15) is 0 Å². The Hall–Kier alpha value is 0.951. The second kappa shape index (κ2) is 11.5. The summed E-state index contributed by atoms with van der Waals surface area (Å²) in [5, 5.41) is 0. The van der Waals surface area contributed by atoms with Gasteiger partial charge in [-0.25, -0.2) is 0 Å². The molecular weight excluding hydrogens is 341 g/mol. The van der Waals surface area contributed by atoms with E-state index in [4.69, 9.17) is 5.73 Å². The molecule has 0 amide bonds. The van der Waals surface area contributed by atoms with Crippen LogP contribution in [-0.2, 0) is 21.7 Å². The van der Waals surface area contributed by atoms with Crippen LogP contribution in [0.2, 0.25) is 18.6 Å². The van der Waals surface area contributed by atoms with Gasteiger partial charge in [0.25, 0.3) is 0 Å². The third-order valence-corrected chi connectivity index (χ3v) is 5.97. The van der Waals surface area contributed by atoms with Gasteiger partial charge in [-0.05, 0) is 23.8 Å². The summed E-state index contributed by atoms with van der Waals surface area (Å²) in [6.45, 7) is 10.6. The Morgan fingerprint density at radius 2 is 1.45 bits per heavy atom. The zero-order valence-electron chi connectivity index (χ0n) is 13.3. The molecule has 0 spiro atoms. The predicted octanol–water partition coefficient (Wildman–Crippen LogP) is -1.16. The quantitative estimate of drug-likeness (QED) is 0.521. The fourth-order valence-electron chi connectivity index (χ4n) is 2.77. The second-order valence-corrected chi connectivity index (χ2v) is 10.1. The fraction of sp³-hybridized carbons (Fsp3) is 0.733. The zero-order chi connectivity index (χ0) is 13.1. The van der Waals surface area contributed by atoms with Crippen LogP contribution in [0.3, 0.4) is 0 Å². The summed E-state index contributed by atoms with van der Waals surface area (Å²) >= 11 is 0. The Morgan fingerprint density at radius 3 is 1.90 bits per heavy atom. The van der Waals surface area contributed by atoms with Crippen LogP contribution in [0.25, 0.3) is 5.73 Å². The van der Waals surface area contributed by atoms with E-state index >= 15 is 0 Å². The molecule has 115 valence electrons. The van der Waals surface area contributed by atoms with E-state index in [0.29, 0.717) is 0 Å². The molecule has 0 bridgehead atoms. The number of rotatable bonds is 1. The Labute approximate surface area is 154 Å². The topological polar surface area (TPSA) is 23.8 Å². The van der Waals surface area contributed by atoms with E-state index in [0.717, 1.165) is 17.4 Å². The Morgan fingerprint density at radius 1 is 1.00 bits per heavy atom. The molecule has 20 heavy (non-hydrogen) atoms. The molecule has 1 saturated carbocycles. The third kappa shape index (κ3) is 9.81. The van der Waals surface area contributed by atoms with Crippen molar-refractivity contribution >= 4 is 8.80 Å². The minimum absolute atomic E-state index is 0. The number of nitrogens with one attached hydrogen (secondary N) is 1. The fourth-order valence-corrected chi connectivity index (χ4v) is 4.94. The van der Waals surface area contributed by atoms with Crippen LogP contribution in [0.5, 0.6) is 0 Å². The predicted molar refractivity (Wildman–Crippen MR) is 81.2 cm³/mol. The first kappa shape index (κ1) is 25.9. The molecule has 1 N–H and O–H groups in total. The number of allylic oxidation sites excluding steroid dienone is 4. The van der Waals surface area contributed by atoms with Crippen molar-refractivity contribution in [2.75, 3.05) is 0 Å². The van der Waals surface area contributed by atoms with Crippen molar-refractivity contribution in [2.24, 2.45) is 11.8 Å². The van der Waals surface area contributed by atoms with E-state index in [2.05, 4.69) is 37.4 Å². The number of fused-ring (bicyclic) bond motifs is 1. The van der Waals surface area contributed by atoms with Gasteiger partial charge in [-0.15, -0.1) is 5.54 Å². The molecule has 5 heteroatoms. The molecule has 2 aliphatic carbocycles. The van der Waals surface area contributed by atoms with Crippen molar-refractivity contribution in [2.45, 2.75) is 57.8 Å². The van der Waals surface area contributed by atoms with Crippen molar-refractivity contribution in [3.8, 4) is 0 Å². The van der Waals surface area contributed by atoms with Gasteiger partial charge in [0.05, 0.1) is 0 Å². The third-order valence-electron chi connectivity index (χ3n) is 3.48. The van der Waals surface area contributed by atoms with Gasteiger partial charge in [-0.3, -0.25) is 0 Å². The van der Waals surface area contributed by atoms with Gasteiger partial charge in [0, 0.05) is 8.80 Å². The molecule has 1 nitrogen and oxygen atoms in total. The molecule has 2 rings (SSSR count). The van der Waals surface area contributed by atoms with Crippen LogP contribution < -0.4 is 24.8 Å². The maximum atomic E-state index is 6.94. The second-order valence-electron chi connectivity index (χ2n) is 6.75. The van der Waals surface area contributed by atoms with Crippen molar-refractivity contribution in [1.82, 2.24) is 0 Å². The van der Waals surface area contributed by atoms with Crippen LogP contribution >= 0.6 is 0 Å². The Kier molecular flexibility index (Phi) is 14.9. The van der Waals surface area contributed by atoms with Crippen molar-refractivity contribution in [3.05, 3.63) is 30.0 Å². The van der Waals surface area contributed by atoms with E-state index in [1.165, 1.54) is 12.8 Å². The first-order valence-electron chi connectivity index (χ1n) is 6.89. The van der Waals surface area contributed by atoms with Gasteiger partial charge in [0.1, 0.15) is 0 Å². The van der Waals surface area contributed by atoms with Crippen molar-refractivity contribution < 1.29 is 46.5 Å². The smallest absolute Gasteiger partial charge is 1.00 e. The summed E-state index contributed by atoms with van der Waals surface area (Å²) in [5.74, 6) is 1.82. The molecule has 0 saturated heterocycles. The van der Waals surface area contributed by atoms with Crippen LogP contribution in [0, 0.1) is 11.8 Å². The molecule has 0 heterocycles. The first-order chi connectivity index (χ1) is 7.79. The summed E-state index contributed by atoms with van der Waals surface area (Å²) in [6, 6.07) is 0. The molecule has 1 radical (unpaired) electrons. The summed E-state index contributed by atoms with van der Waals surface area (Å²) in [4.78, 5) is 0. The van der Waals surface area contributed by atoms with Crippen molar-refractivity contribution in [3.63, 3.8) is 0 Å². The minimum atomic E-state index is -0.402. The van der Waals surface area contributed by atoms with Gasteiger partial charge in [0.15, 0.2) is 0 Å². The Bertz CT molecular complexity index is 295. The van der Waals surface area contributed by atoms with E-state index in [1.54, 1.807) is 0 Å². The van der Waals surface area contributed by atoms with Crippen LogP contribution in [0.1, 0.15) is 33.6 Å². The standard InChI is InChI=1S/C11H18Si.C4H10N.2ClH.Ti/c1-12(2)11-8-7-9-5-3-4-6-10(9)11;1-4(2,3)5;;;/h3-6,9-12H,7-8H2,1-2H3;5H,1-3H3;2*1H;/q;-1;;;+3/p-2. The summed E-state index contributed by atoms with van der Waals surface area (Å²) in [6.07, 6.45) is 12.3. The largest absolute Gasteiger partial charge is 3.00 e. The van der Waals surface area contributed by atoms with E-state index in [-0.39, 0.29) is 52.1 Å². The molecule has 3 atom stereocenters. The van der Waals surface area contributed by atoms with E-state index in [1.807, 2.05) is 20.8 Å².